The van der Waals surface area contributed by atoms with Gasteiger partial charge in [0.05, 0.1) is 0 Å². The van der Waals surface area contributed by atoms with E-state index in [0.717, 1.165) is 0 Å². The molecule has 1 aliphatic heterocycles. The molecule has 0 spiro atoms. The number of fused-ring (bicyclic) bond motifs is 2. The van der Waals surface area contributed by atoms with Crippen molar-refractivity contribution in [3.8, 4) is 0 Å². The number of benzene rings is 2. The van der Waals surface area contributed by atoms with Crippen LogP contribution in [0.1, 0.15) is 5.56 Å². The van der Waals surface area contributed by atoms with Crippen LogP contribution in [0.15, 0.2) is 40.9 Å². The van der Waals surface area contributed by atoms with Crippen molar-refractivity contribution in [3.63, 3.8) is 0 Å². The van der Waals surface area contributed by atoms with Crippen LogP contribution in [0.25, 0.3) is 0 Å². The molecule has 1 aliphatic rings. The summed E-state index contributed by atoms with van der Waals surface area (Å²) in [5, 5.41) is 3.06. The molecule has 1 nitrogen and oxygen atoms in total. The molecule has 0 atom stereocenters. The fraction of sp³-hybridized carbons (Fsp3) is 0.250. The van der Waals surface area contributed by atoms with E-state index in [-0.39, 0.29) is 0 Å². The van der Waals surface area contributed by atoms with E-state index in [9.17, 15) is 0 Å². The molecule has 0 unspecified atom stereocenters. The summed E-state index contributed by atoms with van der Waals surface area (Å²) in [5.41, 5.74) is 4.08. The summed E-state index contributed by atoms with van der Waals surface area (Å²) >= 11 is 3.62. The predicted molar refractivity (Wildman–Crippen MR) is 90.1 cm³/mol. The van der Waals surface area contributed by atoms with Crippen LogP contribution in [-0.4, -0.2) is 15.1 Å². The third-order valence-electron chi connectivity index (χ3n) is 4.18. The third kappa shape index (κ3) is 1.87. The molecule has 2 aromatic rings. The SMILES string of the molecule is Cc1ccc2c(c1)[Si](C)(C)c1cc(Br)ccc1N2C. The second kappa shape index (κ2) is 4.22. The van der Waals surface area contributed by atoms with E-state index < -0.39 is 8.07 Å². The minimum Gasteiger partial charge on any atom is -0.345 e. The molecule has 0 fully saturated rings. The van der Waals surface area contributed by atoms with Gasteiger partial charge >= 0.3 is 0 Å². The molecule has 3 heteroatoms. The van der Waals surface area contributed by atoms with Gasteiger partial charge in [-0.2, -0.15) is 0 Å². The Balaban J connectivity index is 2.33. The molecule has 2 aromatic carbocycles. The van der Waals surface area contributed by atoms with E-state index in [4.69, 9.17) is 0 Å². The van der Waals surface area contributed by atoms with Gasteiger partial charge in [-0.15, -0.1) is 0 Å². The van der Waals surface area contributed by atoms with Crippen LogP contribution in [0.5, 0.6) is 0 Å². The highest BCUT2D eigenvalue weighted by molar-refractivity contribution is 9.10. The zero-order valence-corrected chi connectivity index (χ0v) is 14.4. The van der Waals surface area contributed by atoms with Gasteiger partial charge in [-0.25, -0.2) is 0 Å². The fourth-order valence-corrected chi connectivity index (χ4v) is 6.77. The van der Waals surface area contributed by atoms with Crippen LogP contribution in [0.3, 0.4) is 0 Å². The Hall–Kier alpha value is -1.06. The van der Waals surface area contributed by atoms with Crippen molar-refractivity contribution in [1.29, 1.82) is 0 Å². The minimum atomic E-state index is -1.61. The number of nitrogens with zero attached hydrogens (tertiary/aromatic N) is 1. The Kier molecular flexibility index (Phi) is 2.87. The van der Waals surface area contributed by atoms with Gasteiger partial charge in [0.15, 0.2) is 0 Å². The van der Waals surface area contributed by atoms with Crippen molar-refractivity contribution < 1.29 is 0 Å². The molecule has 0 saturated heterocycles. The molecule has 19 heavy (non-hydrogen) atoms. The number of hydrogen-bond acceptors (Lipinski definition) is 1. The zero-order chi connectivity index (χ0) is 13.8. The summed E-state index contributed by atoms with van der Waals surface area (Å²) in [6.45, 7) is 7.08. The van der Waals surface area contributed by atoms with Gasteiger partial charge in [-0.1, -0.05) is 46.7 Å². The monoisotopic (exact) mass is 331 g/mol. The number of rotatable bonds is 0. The van der Waals surface area contributed by atoms with Crippen LogP contribution in [0.4, 0.5) is 11.4 Å². The van der Waals surface area contributed by atoms with Crippen LogP contribution in [-0.2, 0) is 0 Å². The van der Waals surface area contributed by atoms with Crippen molar-refractivity contribution in [3.05, 3.63) is 46.4 Å². The Morgan fingerprint density at radius 2 is 1.53 bits per heavy atom. The molecule has 1 heterocycles. The number of aryl methyl sites for hydroxylation is 1. The molecule has 0 N–H and O–H groups in total. The Morgan fingerprint density at radius 3 is 2.21 bits per heavy atom. The van der Waals surface area contributed by atoms with Crippen molar-refractivity contribution in [1.82, 2.24) is 0 Å². The van der Waals surface area contributed by atoms with Gasteiger partial charge < -0.3 is 4.90 Å². The van der Waals surface area contributed by atoms with Crippen LogP contribution in [0.2, 0.25) is 13.1 Å². The Bertz CT molecular complexity index is 608. The molecule has 0 bridgehead atoms. The van der Waals surface area contributed by atoms with Gasteiger partial charge in [-0.3, -0.25) is 0 Å². The van der Waals surface area contributed by atoms with Gasteiger partial charge in [0.1, 0.15) is 8.07 Å². The standard InChI is InChI=1S/C16H18BrNSi/c1-11-5-7-13-15(9-11)19(3,4)16-10-12(17)6-8-14(16)18(13)2/h5-10H,1-4H3. The van der Waals surface area contributed by atoms with Crippen molar-refractivity contribution >= 4 is 45.8 Å². The quantitative estimate of drug-likeness (QED) is 0.666. The average molecular weight is 332 g/mol. The average Bonchev–Trinajstić information content (AvgIpc) is 2.36. The smallest absolute Gasteiger partial charge is 0.117 e. The lowest BCUT2D eigenvalue weighted by Crippen LogP contribution is -2.58. The Labute approximate surface area is 124 Å². The van der Waals surface area contributed by atoms with E-state index >= 15 is 0 Å². The lowest BCUT2D eigenvalue weighted by atomic mass is 10.2. The lowest BCUT2D eigenvalue weighted by Gasteiger charge is -2.39. The first kappa shape index (κ1) is 12.9. The highest BCUT2D eigenvalue weighted by Crippen LogP contribution is 2.31. The van der Waals surface area contributed by atoms with E-state index in [1.54, 1.807) is 5.19 Å². The summed E-state index contributed by atoms with van der Waals surface area (Å²) in [4.78, 5) is 2.33. The number of hydrogen-bond donors (Lipinski definition) is 0. The minimum absolute atomic E-state index is 1.18. The molecular formula is C16H18BrNSi. The third-order valence-corrected chi connectivity index (χ3v) is 8.17. The summed E-state index contributed by atoms with van der Waals surface area (Å²) < 4.78 is 1.18. The molecule has 3 rings (SSSR count). The second-order valence-electron chi connectivity index (χ2n) is 5.87. The molecule has 0 aliphatic carbocycles. The fourth-order valence-electron chi connectivity index (χ4n) is 3.02. The largest absolute Gasteiger partial charge is 0.345 e. The molecule has 0 radical (unpaired) electrons. The molecular weight excluding hydrogens is 314 g/mol. The van der Waals surface area contributed by atoms with E-state index in [2.05, 4.69) is 84.3 Å². The second-order valence-corrected chi connectivity index (χ2v) is 11.1. The number of halogens is 1. The van der Waals surface area contributed by atoms with Crippen LogP contribution >= 0.6 is 15.9 Å². The molecule has 0 amide bonds. The molecule has 98 valence electrons. The molecule has 0 aromatic heterocycles. The van der Waals surface area contributed by atoms with Gasteiger partial charge in [0.25, 0.3) is 0 Å². The Morgan fingerprint density at radius 1 is 0.947 bits per heavy atom. The first-order valence-corrected chi connectivity index (χ1v) is 10.4. The maximum Gasteiger partial charge on any atom is 0.117 e. The van der Waals surface area contributed by atoms with Crippen LogP contribution in [0, 0.1) is 6.92 Å². The van der Waals surface area contributed by atoms with Gasteiger partial charge in [0.2, 0.25) is 0 Å². The highest BCUT2D eigenvalue weighted by atomic mass is 79.9. The summed E-state index contributed by atoms with van der Waals surface area (Å²) in [6.07, 6.45) is 0. The maximum atomic E-state index is 3.62. The maximum absolute atomic E-state index is 3.62. The molecule has 0 saturated carbocycles. The zero-order valence-electron chi connectivity index (χ0n) is 11.8. The normalized spacial score (nSPS) is 15.9. The first-order valence-electron chi connectivity index (χ1n) is 6.56. The van der Waals surface area contributed by atoms with Crippen LogP contribution < -0.4 is 15.3 Å². The summed E-state index contributed by atoms with van der Waals surface area (Å²) in [5.74, 6) is 0. The van der Waals surface area contributed by atoms with E-state index in [1.807, 2.05) is 0 Å². The van der Waals surface area contributed by atoms with Crippen molar-refractivity contribution in [2.75, 3.05) is 11.9 Å². The topological polar surface area (TPSA) is 3.24 Å². The van der Waals surface area contributed by atoms with Gasteiger partial charge in [-0.05, 0) is 41.6 Å². The van der Waals surface area contributed by atoms with Crippen molar-refractivity contribution in [2.45, 2.75) is 20.0 Å². The number of anilines is 2. The summed E-state index contributed by atoms with van der Waals surface area (Å²) in [7, 11) is 0.563. The predicted octanol–water partition coefficient (Wildman–Crippen LogP) is 3.66. The van der Waals surface area contributed by atoms with Crippen molar-refractivity contribution in [2.24, 2.45) is 0 Å². The highest BCUT2D eigenvalue weighted by Gasteiger charge is 2.36. The lowest BCUT2D eigenvalue weighted by molar-refractivity contribution is 1.21. The first-order chi connectivity index (χ1) is 8.91. The summed E-state index contributed by atoms with van der Waals surface area (Å²) in [6, 6.07) is 13.5. The van der Waals surface area contributed by atoms with E-state index in [1.165, 1.54) is 26.6 Å². The van der Waals surface area contributed by atoms with Gasteiger partial charge in [0, 0.05) is 22.9 Å². The van der Waals surface area contributed by atoms with E-state index in [0.29, 0.717) is 0 Å².